The second kappa shape index (κ2) is 9.58. The van der Waals surface area contributed by atoms with Crippen LogP contribution in [-0.2, 0) is 13.1 Å². The fourth-order valence-electron chi connectivity index (χ4n) is 2.69. The van der Waals surface area contributed by atoms with E-state index in [1.165, 1.54) is 28.3 Å². The predicted octanol–water partition coefficient (Wildman–Crippen LogP) is 3.82. The zero-order valence-electron chi connectivity index (χ0n) is 13.6. The van der Waals surface area contributed by atoms with Crippen molar-refractivity contribution in [2.24, 2.45) is 0 Å². The summed E-state index contributed by atoms with van der Waals surface area (Å²) >= 11 is 2.04. The van der Waals surface area contributed by atoms with Crippen molar-refractivity contribution in [2.45, 2.75) is 13.1 Å². The van der Waals surface area contributed by atoms with Crippen LogP contribution in [0.15, 0.2) is 48.5 Å². The minimum Gasteiger partial charge on any atom is -0.370 e. The Balaban J connectivity index is 0.00000208. The maximum Gasteiger partial charge on any atom is 0.0991 e. The van der Waals surface area contributed by atoms with Gasteiger partial charge in [0.1, 0.15) is 0 Å². The molecule has 1 heterocycles. The van der Waals surface area contributed by atoms with Crippen LogP contribution in [0.1, 0.15) is 16.7 Å². The van der Waals surface area contributed by atoms with Crippen LogP contribution in [0.3, 0.4) is 0 Å². The van der Waals surface area contributed by atoms with E-state index in [0.29, 0.717) is 5.56 Å². The maximum atomic E-state index is 8.80. The molecule has 0 bridgehead atoms. The van der Waals surface area contributed by atoms with Crippen LogP contribution >= 0.6 is 24.2 Å². The summed E-state index contributed by atoms with van der Waals surface area (Å²) in [6.07, 6.45) is 0. The number of thioether (sulfide) groups is 1. The number of hydrogen-bond acceptors (Lipinski definition) is 4. The lowest BCUT2D eigenvalue weighted by Crippen LogP contribution is -2.32. The van der Waals surface area contributed by atoms with Crippen LogP contribution in [-0.4, -0.2) is 24.6 Å². The molecule has 0 saturated carbocycles. The number of anilines is 1. The van der Waals surface area contributed by atoms with E-state index in [2.05, 4.69) is 40.6 Å². The average molecular weight is 360 g/mol. The Morgan fingerprint density at radius 1 is 0.917 bits per heavy atom. The number of rotatable bonds is 5. The molecule has 3 nitrogen and oxygen atoms in total. The fraction of sp³-hybridized carbons (Fsp3) is 0.316. The molecule has 0 atom stereocenters. The van der Waals surface area contributed by atoms with Gasteiger partial charge in [-0.2, -0.15) is 17.0 Å². The van der Waals surface area contributed by atoms with Crippen molar-refractivity contribution in [3.05, 3.63) is 65.2 Å². The highest BCUT2D eigenvalue weighted by molar-refractivity contribution is 7.99. The van der Waals surface area contributed by atoms with E-state index in [-0.39, 0.29) is 12.4 Å². The summed E-state index contributed by atoms with van der Waals surface area (Å²) in [6, 6.07) is 18.8. The van der Waals surface area contributed by atoms with Gasteiger partial charge in [0.15, 0.2) is 0 Å². The third-order valence-electron chi connectivity index (χ3n) is 4.05. The second-order valence-electron chi connectivity index (χ2n) is 5.68. The Kier molecular flexibility index (Phi) is 7.45. The standard InChI is InChI=1S/C19H21N3S.ClH/c20-13-16-1-3-17(4-2-16)14-21-15-18-5-7-19(8-6-18)22-9-11-23-12-10-22;/h1-8,21H,9-12,14-15H2;1H. The number of benzene rings is 2. The largest absolute Gasteiger partial charge is 0.370 e. The third kappa shape index (κ3) is 5.17. The van der Waals surface area contributed by atoms with Gasteiger partial charge in [0, 0.05) is 43.4 Å². The van der Waals surface area contributed by atoms with Crippen molar-refractivity contribution in [3.8, 4) is 6.07 Å². The molecule has 24 heavy (non-hydrogen) atoms. The van der Waals surface area contributed by atoms with Gasteiger partial charge >= 0.3 is 0 Å². The predicted molar refractivity (Wildman–Crippen MR) is 105 cm³/mol. The number of nitrogens with one attached hydrogen (secondary N) is 1. The van der Waals surface area contributed by atoms with Crippen LogP contribution < -0.4 is 10.2 Å². The average Bonchev–Trinajstić information content (AvgIpc) is 2.64. The van der Waals surface area contributed by atoms with Crippen molar-refractivity contribution in [2.75, 3.05) is 29.5 Å². The van der Waals surface area contributed by atoms with Gasteiger partial charge in [0.25, 0.3) is 0 Å². The Morgan fingerprint density at radius 2 is 1.46 bits per heavy atom. The van der Waals surface area contributed by atoms with Gasteiger partial charge in [0.05, 0.1) is 11.6 Å². The minimum atomic E-state index is 0. The first-order valence-electron chi connectivity index (χ1n) is 7.96. The van der Waals surface area contributed by atoms with E-state index >= 15 is 0 Å². The van der Waals surface area contributed by atoms with E-state index in [9.17, 15) is 0 Å². The van der Waals surface area contributed by atoms with Crippen molar-refractivity contribution >= 4 is 29.9 Å². The molecular weight excluding hydrogens is 338 g/mol. The molecule has 2 aromatic rings. The van der Waals surface area contributed by atoms with Crippen molar-refractivity contribution in [1.29, 1.82) is 5.26 Å². The van der Waals surface area contributed by atoms with Crippen molar-refractivity contribution in [1.82, 2.24) is 5.32 Å². The summed E-state index contributed by atoms with van der Waals surface area (Å²) in [6.45, 7) is 3.98. The summed E-state index contributed by atoms with van der Waals surface area (Å²) < 4.78 is 0. The lowest BCUT2D eigenvalue weighted by atomic mass is 10.1. The van der Waals surface area contributed by atoms with Crippen molar-refractivity contribution in [3.63, 3.8) is 0 Å². The van der Waals surface area contributed by atoms with E-state index in [4.69, 9.17) is 5.26 Å². The first-order valence-corrected chi connectivity index (χ1v) is 9.12. The fourth-order valence-corrected chi connectivity index (χ4v) is 3.60. The van der Waals surface area contributed by atoms with E-state index in [0.717, 1.165) is 26.2 Å². The number of halogens is 1. The highest BCUT2D eigenvalue weighted by Crippen LogP contribution is 2.19. The summed E-state index contributed by atoms with van der Waals surface area (Å²) in [7, 11) is 0. The van der Waals surface area contributed by atoms with Gasteiger partial charge < -0.3 is 10.2 Å². The van der Waals surface area contributed by atoms with Crippen LogP contribution in [0, 0.1) is 11.3 Å². The first kappa shape index (κ1) is 18.7. The summed E-state index contributed by atoms with van der Waals surface area (Å²) in [5.74, 6) is 2.46. The van der Waals surface area contributed by atoms with E-state index in [1.54, 1.807) is 0 Å². The highest BCUT2D eigenvalue weighted by Gasteiger charge is 2.10. The topological polar surface area (TPSA) is 39.1 Å². The molecule has 5 heteroatoms. The molecule has 1 fully saturated rings. The molecule has 0 unspecified atom stereocenters. The lowest BCUT2D eigenvalue weighted by Gasteiger charge is -2.28. The van der Waals surface area contributed by atoms with Gasteiger partial charge in [-0.3, -0.25) is 0 Å². The van der Waals surface area contributed by atoms with Crippen LogP contribution in [0.25, 0.3) is 0 Å². The van der Waals surface area contributed by atoms with Crippen LogP contribution in [0.2, 0.25) is 0 Å². The normalized spacial score (nSPS) is 13.9. The van der Waals surface area contributed by atoms with Crippen LogP contribution in [0.5, 0.6) is 0 Å². The highest BCUT2D eigenvalue weighted by atomic mass is 35.5. The van der Waals surface area contributed by atoms with Gasteiger partial charge in [-0.15, -0.1) is 12.4 Å². The summed E-state index contributed by atoms with van der Waals surface area (Å²) in [5.41, 5.74) is 4.54. The SMILES string of the molecule is Cl.N#Cc1ccc(CNCc2ccc(N3CCSCC3)cc2)cc1. The van der Waals surface area contributed by atoms with E-state index in [1.807, 2.05) is 36.0 Å². The molecule has 0 amide bonds. The zero-order valence-corrected chi connectivity index (χ0v) is 15.2. The molecule has 1 aliphatic heterocycles. The molecule has 0 aliphatic carbocycles. The Hall–Kier alpha value is -1.67. The number of nitrogens with zero attached hydrogens (tertiary/aromatic N) is 2. The second-order valence-corrected chi connectivity index (χ2v) is 6.90. The Morgan fingerprint density at radius 3 is 2.00 bits per heavy atom. The van der Waals surface area contributed by atoms with Gasteiger partial charge in [-0.05, 0) is 35.4 Å². The van der Waals surface area contributed by atoms with Gasteiger partial charge in [-0.25, -0.2) is 0 Å². The molecule has 1 saturated heterocycles. The first-order chi connectivity index (χ1) is 11.3. The molecular formula is C19H22ClN3S. The Bertz CT molecular complexity index is 659. The summed E-state index contributed by atoms with van der Waals surface area (Å²) in [5, 5.41) is 12.3. The smallest absolute Gasteiger partial charge is 0.0991 e. The maximum absolute atomic E-state index is 8.80. The Labute approximate surface area is 154 Å². The summed E-state index contributed by atoms with van der Waals surface area (Å²) in [4.78, 5) is 2.46. The molecule has 2 aromatic carbocycles. The van der Waals surface area contributed by atoms with Crippen LogP contribution in [0.4, 0.5) is 5.69 Å². The van der Waals surface area contributed by atoms with E-state index < -0.39 is 0 Å². The lowest BCUT2D eigenvalue weighted by molar-refractivity contribution is 0.693. The number of hydrogen-bond donors (Lipinski definition) is 1. The molecule has 3 rings (SSSR count). The number of nitriles is 1. The monoisotopic (exact) mass is 359 g/mol. The third-order valence-corrected chi connectivity index (χ3v) is 5.00. The minimum absolute atomic E-state index is 0. The molecule has 126 valence electrons. The quantitative estimate of drug-likeness (QED) is 0.880. The van der Waals surface area contributed by atoms with Gasteiger partial charge in [0.2, 0.25) is 0 Å². The van der Waals surface area contributed by atoms with Gasteiger partial charge in [-0.1, -0.05) is 24.3 Å². The zero-order chi connectivity index (χ0) is 15.9. The molecule has 0 spiro atoms. The molecule has 0 radical (unpaired) electrons. The molecule has 0 aromatic heterocycles. The van der Waals surface area contributed by atoms with Crippen molar-refractivity contribution < 1.29 is 0 Å². The molecule has 1 aliphatic rings. The molecule has 1 N–H and O–H groups in total.